The summed E-state index contributed by atoms with van der Waals surface area (Å²) in [6.07, 6.45) is -3.44. The quantitative estimate of drug-likeness (QED) is 0.229. The van der Waals surface area contributed by atoms with Crippen LogP contribution in [0.5, 0.6) is 0 Å². The van der Waals surface area contributed by atoms with Crippen LogP contribution in [0.2, 0.25) is 0 Å². The fraction of sp³-hybridized carbons (Fsp3) is 0.588. The molecule has 0 saturated carbocycles. The summed E-state index contributed by atoms with van der Waals surface area (Å²) in [5.41, 5.74) is 1.59. The number of nitrogens with one attached hydrogen (secondary N) is 2. The van der Waals surface area contributed by atoms with Crippen molar-refractivity contribution in [3.63, 3.8) is 0 Å². The minimum atomic E-state index is -4.31. The van der Waals surface area contributed by atoms with Crippen molar-refractivity contribution >= 4 is 29.9 Å². The van der Waals surface area contributed by atoms with Crippen LogP contribution in [0, 0.1) is 0 Å². The summed E-state index contributed by atoms with van der Waals surface area (Å²) in [5, 5.41) is 6.34. The van der Waals surface area contributed by atoms with E-state index in [-0.39, 0.29) is 30.6 Å². The zero-order valence-corrected chi connectivity index (χ0v) is 17.4. The highest BCUT2D eigenvalue weighted by molar-refractivity contribution is 14.0. The molecule has 0 amide bonds. The lowest BCUT2D eigenvalue weighted by Gasteiger charge is -2.11. The Kier molecular flexibility index (Phi) is 13.5. The van der Waals surface area contributed by atoms with E-state index in [1.807, 2.05) is 13.0 Å². The van der Waals surface area contributed by atoms with Gasteiger partial charge in [-0.25, -0.2) is 4.99 Å². The van der Waals surface area contributed by atoms with Gasteiger partial charge in [0, 0.05) is 26.8 Å². The van der Waals surface area contributed by atoms with E-state index in [1.165, 1.54) is 0 Å². The minimum absolute atomic E-state index is 0. The van der Waals surface area contributed by atoms with Gasteiger partial charge in [0.05, 0.1) is 13.2 Å². The summed E-state index contributed by atoms with van der Waals surface area (Å²) < 4.78 is 46.0. The van der Waals surface area contributed by atoms with Gasteiger partial charge in [-0.3, -0.25) is 0 Å². The Morgan fingerprint density at radius 3 is 2.58 bits per heavy atom. The molecule has 26 heavy (non-hydrogen) atoms. The Hall–Kier alpha value is -1.07. The molecule has 0 atom stereocenters. The summed E-state index contributed by atoms with van der Waals surface area (Å²) in [7, 11) is 1.66. The van der Waals surface area contributed by atoms with Gasteiger partial charge in [0.25, 0.3) is 0 Å². The fourth-order valence-corrected chi connectivity index (χ4v) is 2.04. The predicted molar refractivity (Wildman–Crippen MR) is 107 cm³/mol. The third-order valence-electron chi connectivity index (χ3n) is 3.11. The number of hydrogen-bond donors (Lipinski definition) is 2. The molecule has 0 aliphatic rings. The lowest BCUT2D eigenvalue weighted by atomic mass is 10.1. The van der Waals surface area contributed by atoms with E-state index in [0.717, 1.165) is 25.1 Å². The van der Waals surface area contributed by atoms with Crippen LogP contribution >= 0.6 is 24.0 Å². The highest BCUT2D eigenvalue weighted by Crippen LogP contribution is 2.16. The molecule has 0 aliphatic carbocycles. The minimum Gasteiger partial charge on any atom is -0.385 e. The first-order valence-electron chi connectivity index (χ1n) is 8.18. The van der Waals surface area contributed by atoms with Crippen molar-refractivity contribution < 1.29 is 22.6 Å². The number of rotatable bonds is 10. The first-order valence-corrected chi connectivity index (χ1v) is 8.18. The monoisotopic (exact) mass is 489 g/mol. The number of hydrogen-bond acceptors (Lipinski definition) is 3. The molecule has 1 rings (SSSR count). The molecule has 150 valence electrons. The first kappa shape index (κ1) is 24.9. The third kappa shape index (κ3) is 12.3. The second-order valence-corrected chi connectivity index (χ2v) is 5.40. The SMILES string of the molecule is CCNC(=NCc1cccc(COCC(F)(F)F)c1)NCCCOC.I. The van der Waals surface area contributed by atoms with Gasteiger partial charge in [0.15, 0.2) is 5.96 Å². The molecule has 2 N–H and O–H groups in total. The molecule has 9 heteroatoms. The van der Waals surface area contributed by atoms with Crippen molar-refractivity contribution in [1.29, 1.82) is 0 Å². The van der Waals surface area contributed by atoms with Gasteiger partial charge >= 0.3 is 6.18 Å². The molecule has 5 nitrogen and oxygen atoms in total. The maximum atomic E-state index is 12.1. The number of aliphatic imine (C=N–C) groups is 1. The van der Waals surface area contributed by atoms with Gasteiger partial charge in [-0.15, -0.1) is 24.0 Å². The van der Waals surface area contributed by atoms with E-state index in [1.54, 1.807) is 25.3 Å². The van der Waals surface area contributed by atoms with Crippen molar-refractivity contribution in [2.75, 3.05) is 33.4 Å². The lowest BCUT2D eigenvalue weighted by molar-refractivity contribution is -0.176. The summed E-state index contributed by atoms with van der Waals surface area (Å²) >= 11 is 0. The van der Waals surface area contributed by atoms with Crippen molar-refractivity contribution in [3.05, 3.63) is 35.4 Å². The number of guanidine groups is 1. The Morgan fingerprint density at radius 1 is 1.19 bits per heavy atom. The molecule has 0 aromatic heterocycles. The van der Waals surface area contributed by atoms with Crippen molar-refractivity contribution in [3.8, 4) is 0 Å². The largest absolute Gasteiger partial charge is 0.411 e. The Labute approximate surface area is 169 Å². The molecular formula is C17H27F3IN3O2. The average molecular weight is 489 g/mol. The van der Waals surface area contributed by atoms with Crippen molar-refractivity contribution in [1.82, 2.24) is 10.6 Å². The number of methoxy groups -OCH3 is 1. The zero-order valence-electron chi connectivity index (χ0n) is 15.1. The fourth-order valence-electron chi connectivity index (χ4n) is 2.04. The Balaban J connectivity index is 0.00000625. The molecule has 1 aromatic carbocycles. The second-order valence-electron chi connectivity index (χ2n) is 5.40. The standard InChI is InChI=1S/C17H26F3N3O2.HI/c1-3-21-16(22-8-5-9-24-2)23-11-14-6-4-7-15(10-14)12-25-13-17(18,19)20;/h4,6-7,10H,3,5,8-9,11-13H2,1-2H3,(H2,21,22,23);1H. The lowest BCUT2D eigenvalue weighted by Crippen LogP contribution is -2.38. The van der Waals surface area contributed by atoms with Gasteiger partial charge < -0.3 is 20.1 Å². The summed E-state index contributed by atoms with van der Waals surface area (Å²) in [6.45, 7) is 3.23. The van der Waals surface area contributed by atoms with Crippen LogP contribution in [-0.4, -0.2) is 45.5 Å². The molecule has 0 unspecified atom stereocenters. The highest BCUT2D eigenvalue weighted by Gasteiger charge is 2.27. The van der Waals surface area contributed by atoms with Crippen molar-refractivity contribution in [2.45, 2.75) is 32.7 Å². The summed E-state index contributed by atoms with van der Waals surface area (Å²) in [5.74, 6) is 0.692. The van der Waals surface area contributed by atoms with Crippen molar-refractivity contribution in [2.24, 2.45) is 4.99 Å². The van der Waals surface area contributed by atoms with Crippen LogP contribution in [0.1, 0.15) is 24.5 Å². The van der Waals surface area contributed by atoms with Gasteiger partial charge in [0.1, 0.15) is 6.61 Å². The van der Waals surface area contributed by atoms with Crippen LogP contribution in [0.3, 0.4) is 0 Å². The van der Waals surface area contributed by atoms with E-state index in [2.05, 4.69) is 20.4 Å². The molecule has 0 saturated heterocycles. The molecule has 1 aromatic rings. The van der Waals surface area contributed by atoms with Crippen LogP contribution in [0.15, 0.2) is 29.3 Å². The molecule has 0 heterocycles. The van der Waals surface area contributed by atoms with Crippen LogP contribution in [-0.2, 0) is 22.6 Å². The number of benzene rings is 1. The van der Waals surface area contributed by atoms with Crippen LogP contribution < -0.4 is 10.6 Å². The number of nitrogens with zero attached hydrogens (tertiary/aromatic N) is 1. The number of halogens is 4. The highest BCUT2D eigenvalue weighted by atomic mass is 127. The summed E-state index contributed by atoms with van der Waals surface area (Å²) in [6, 6.07) is 7.20. The van der Waals surface area contributed by atoms with E-state index >= 15 is 0 Å². The first-order chi connectivity index (χ1) is 11.9. The third-order valence-corrected chi connectivity index (χ3v) is 3.11. The Bertz CT molecular complexity index is 528. The predicted octanol–water partition coefficient (Wildman–Crippen LogP) is 3.48. The maximum absolute atomic E-state index is 12.1. The van der Waals surface area contributed by atoms with E-state index in [9.17, 15) is 13.2 Å². The number of ether oxygens (including phenoxy) is 2. The van der Waals surface area contributed by atoms with E-state index < -0.39 is 12.8 Å². The van der Waals surface area contributed by atoms with E-state index in [4.69, 9.17) is 4.74 Å². The van der Waals surface area contributed by atoms with Gasteiger partial charge in [0.2, 0.25) is 0 Å². The zero-order chi connectivity index (χ0) is 18.5. The molecular weight excluding hydrogens is 462 g/mol. The Morgan fingerprint density at radius 2 is 1.92 bits per heavy atom. The molecule has 0 spiro atoms. The van der Waals surface area contributed by atoms with Gasteiger partial charge in [-0.2, -0.15) is 13.2 Å². The molecule has 0 bridgehead atoms. The van der Waals surface area contributed by atoms with Gasteiger partial charge in [-0.05, 0) is 24.5 Å². The molecule has 0 fully saturated rings. The topological polar surface area (TPSA) is 54.9 Å². The van der Waals surface area contributed by atoms with Gasteiger partial charge in [-0.1, -0.05) is 24.3 Å². The normalized spacial score (nSPS) is 11.8. The molecule has 0 radical (unpaired) electrons. The van der Waals surface area contributed by atoms with Crippen LogP contribution in [0.25, 0.3) is 0 Å². The second kappa shape index (κ2) is 14.0. The average Bonchev–Trinajstić information content (AvgIpc) is 2.55. The van der Waals surface area contributed by atoms with E-state index in [0.29, 0.717) is 24.7 Å². The smallest absolute Gasteiger partial charge is 0.385 e. The van der Waals surface area contributed by atoms with Crippen LogP contribution in [0.4, 0.5) is 13.2 Å². The molecule has 0 aliphatic heterocycles. The summed E-state index contributed by atoms with van der Waals surface area (Å²) in [4.78, 5) is 4.47. The maximum Gasteiger partial charge on any atom is 0.411 e. The number of alkyl halides is 3.